The van der Waals surface area contributed by atoms with Gasteiger partial charge in [-0.25, -0.2) is 0 Å². The summed E-state index contributed by atoms with van der Waals surface area (Å²) in [5.41, 5.74) is 3.32. The average Bonchev–Trinajstić information content (AvgIpc) is 3.11. The van der Waals surface area contributed by atoms with Crippen LogP contribution in [0.3, 0.4) is 0 Å². The van der Waals surface area contributed by atoms with Crippen LogP contribution >= 0.6 is 23.2 Å². The van der Waals surface area contributed by atoms with Crippen LogP contribution in [0.1, 0.15) is 32.0 Å². The van der Waals surface area contributed by atoms with E-state index >= 15 is 0 Å². The normalized spacial score (nSPS) is 10.8. The van der Waals surface area contributed by atoms with Gasteiger partial charge < -0.3 is 10.3 Å². The van der Waals surface area contributed by atoms with Gasteiger partial charge in [-0.15, -0.1) is 11.6 Å². The minimum atomic E-state index is -0.316. The summed E-state index contributed by atoms with van der Waals surface area (Å²) in [6, 6.07) is 21.1. The number of nitrogens with one attached hydrogen (secondary N) is 2. The molecule has 144 valence electrons. The van der Waals surface area contributed by atoms with E-state index in [0.717, 1.165) is 5.56 Å². The monoisotopic (exact) mass is 422 g/mol. The Kier molecular flexibility index (Phi) is 5.38. The Morgan fingerprint density at radius 2 is 1.62 bits per heavy atom. The van der Waals surface area contributed by atoms with Crippen LogP contribution in [-0.4, -0.2) is 16.7 Å². The molecule has 0 radical (unpaired) electrons. The van der Waals surface area contributed by atoms with E-state index in [2.05, 4.69) is 10.3 Å². The number of carbonyl (C=O) groups excluding carboxylic acids is 2. The van der Waals surface area contributed by atoms with E-state index in [1.807, 2.05) is 6.07 Å². The lowest BCUT2D eigenvalue weighted by atomic mass is 10.1. The van der Waals surface area contributed by atoms with Gasteiger partial charge in [0.25, 0.3) is 5.91 Å². The molecule has 0 fully saturated rings. The first-order valence-electron chi connectivity index (χ1n) is 8.94. The Balaban J connectivity index is 1.77. The molecule has 4 aromatic rings. The third kappa shape index (κ3) is 3.90. The molecule has 0 saturated heterocycles. The summed E-state index contributed by atoms with van der Waals surface area (Å²) in [4.78, 5) is 29.0. The summed E-state index contributed by atoms with van der Waals surface area (Å²) in [7, 11) is 0. The Hall–Kier alpha value is -3.08. The van der Waals surface area contributed by atoms with Gasteiger partial charge in [0, 0.05) is 32.9 Å². The lowest BCUT2D eigenvalue weighted by molar-refractivity contribution is 0.102. The summed E-state index contributed by atoms with van der Waals surface area (Å²) < 4.78 is 0. The van der Waals surface area contributed by atoms with Crippen LogP contribution in [0.25, 0.3) is 10.9 Å². The lowest BCUT2D eigenvalue weighted by Gasteiger charge is -2.08. The molecule has 0 saturated carbocycles. The number of aromatic amines is 1. The summed E-state index contributed by atoms with van der Waals surface area (Å²) in [6.07, 6.45) is 0. The molecule has 1 amide bonds. The highest BCUT2D eigenvalue weighted by molar-refractivity contribution is 6.31. The number of alkyl halides is 1. The van der Waals surface area contributed by atoms with Crippen molar-refractivity contribution in [2.24, 2.45) is 0 Å². The maximum Gasteiger partial charge on any atom is 0.255 e. The summed E-state index contributed by atoms with van der Waals surface area (Å²) in [5, 5.41) is 4.13. The fraction of sp³-hybridized carbons (Fsp3) is 0.0435. The number of benzene rings is 3. The van der Waals surface area contributed by atoms with Crippen LogP contribution in [0, 0.1) is 0 Å². The standard InChI is InChI=1S/C23H16Cl2N2O2/c24-13-14-6-8-16(9-7-14)23(29)27-20-18-11-10-17(25)12-19(18)26-21(20)22(28)15-4-2-1-3-5-15/h1-12,26H,13H2,(H,27,29). The molecule has 2 N–H and O–H groups in total. The van der Waals surface area contributed by atoms with Gasteiger partial charge in [-0.05, 0) is 35.9 Å². The number of ketones is 1. The van der Waals surface area contributed by atoms with E-state index in [0.29, 0.717) is 44.3 Å². The van der Waals surface area contributed by atoms with Crippen molar-refractivity contribution in [2.75, 3.05) is 5.32 Å². The minimum Gasteiger partial charge on any atom is -0.350 e. The van der Waals surface area contributed by atoms with Gasteiger partial charge in [0.05, 0.1) is 5.69 Å². The molecule has 1 heterocycles. The number of carbonyl (C=O) groups is 2. The topological polar surface area (TPSA) is 62.0 Å². The number of aromatic nitrogens is 1. The van der Waals surface area contributed by atoms with Gasteiger partial charge >= 0.3 is 0 Å². The zero-order chi connectivity index (χ0) is 20.4. The van der Waals surface area contributed by atoms with Gasteiger partial charge in [-0.3, -0.25) is 9.59 Å². The van der Waals surface area contributed by atoms with Crippen LogP contribution in [0.4, 0.5) is 5.69 Å². The smallest absolute Gasteiger partial charge is 0.255 e. The predicted molar refractivity (Wildman–Crippen MR) is 117 cm³/mol. The van der Waals surface area contributed by atoms with Crippen molar-refractivity contribution in [1.29, 1.82) is 0 Å². The van der Waals surface area contributed by atoms with Crippen molar-refractivity contribution in [3.63, 3.8) is 0 Å². The van der Waals surface area contributed by atoms with Crippen molar-refractivity contribution in [2.45, 2.75) is 5.88 Å². The zero-order valence-corrected chi connectivity index (χ0v) is 16.7. The van der Waals surface area contributed by atoms with Crippen molar-refractivity contribution < 1.29 is 9.59 Å². The molecule has 1 aromatic heterocycles. The first-order valence-corrected chi connectivity index (χ1v) is 9.85. The van der Waals surface area contributed by atoms with E-state index in [1.54, 1.807) is 66.7 Å². The zero-order valence-electron chi connectivity index (χ0n) is 15.2. The number of halogens is 2. The van der Waals surface area contributed by atoms with E-state index < -0.39 is 0 Å². The second-order valence-corrected chi connectivity index (χ2v) is 7.25. The first kappa shape index (κ1) is 19.2. The Labute approximate surface area is 177 Å². The van der Waals surface area contributed by atoms with E-state index in [4.69, 9.17) is 23.2 Å². The van der Waals surface area contributed by atoms with Crippen LogP contribution < -0.4 is 5.32 Å². The third-order valence-corrected chi connectivity index (χ3v) is 5.18. The highest BCUT2D eigenvalue weighted by atomic mass is 35.5. The van der Waals surface area contributed by atoms with Gasteiger partial charge in [0.2, 0.25) is 5.78 Å². The quantitative estimate of drug-likeness (QED) is 0.304. The van der Waals surface area contributed by atoms with Crippen molar-refractivity contribution in [3.8, 4) is 0 Å². The number of H-pyrrole nitrogens is 1. The van der Waals surface area contributed by atoms with Crippen molar-refractivity contribution in [1.82, 2.24) is 4.98 Å². The number of anilines is 1. The summed E-state index contributed by atoms with van der Waals surface area (Å²) >= 11 is 11.9. The van der Waals surface area contributed by atoms with E-state index in [1.165, 1.54) is 0 Å². The summed E-state index contributed by atoms with van der Waals surface area (Å²) in [6.45, 7) is 0. The number of amides is 1. The number of hydrogen-bond acceptors (Lipinski definition) is 2. The molecule has 0 atom stereocenters. The Morgan fingerprint density at radius 1 is 0.897 bits per heavy atom. The maximum atomic E-state index is 13.1. The minimum absolute atomic E-state index is 0.217. The van der Waals surface area contributed by atoms with Gasteiger partial charge in [0.15, 0.2) is 0 Å². The molecule has 0 spiro atoms. The molecule has 3 aromatic carbocycles. The van der Waals surface area contributed by atoms with Gasteiger partial charge in [-0.2, -0.15) is 0 Å². The van der Waals surface area contributed by atoms with Gasteiger partial charge in [-0.1, -0.05) is 54.1 Å². The van der Waals surface area contributed by atoms with Crippen molar-refractivity contribution in [3.05, 3.63) is 100 Å². The molecule has 4 nitrogen and oxygen atoms in total. The molecule has 0 aliphatic carbocycles. The van der Waals surface area contributed by atoms with E-state index in [9.17, 15) is 9.59 Å². The highest BCUT2D eigenvalue weighted by Gasteiger charge is 2.21. The summed E-state index contributed by atoms with van der Waals surface area (Å²) in [5.74, 6) is -0.157. The SMILES string of the molecule is O=C(Nc1c(C(=O)c2ccccc2)[nH]c2cc(Cl)ccc12)c1ccc(CCl)cc1. The highest BCUT2D eigenvalue weighted by Crippen LogP contribution is 2.31. The first-order chi connectivity index (χ1) is 14.1. The molecule has 6 heteroatoms. The predicted octanol–water partition coefficient (Wildman–Crippen LogP) is 6.04. The van der Waals surface area contributed by atoms with Crippen LogP contribution in [-0.2, 0) is 5.88 Å². The second kappa shape index (κ2) is 8.11. The van der Waals surface area contributed by atoms with Gasteiger partial charge in [0.1, 0.15) is 5.69 Å². The van der Waals surface area contributed by atoms with E-state index in [-0.39, 0.29) is 11.7 Å². The second-order valence-electron chi connectivity index (χ2n) is 6.54. The number of hydrogen-bond donors (Lipinski definition) is 2. The molecular weight excluding hydrogens is 407 g/mol. The molecular formula is C23H16Cl2N2O2. The molecule has 29 heavy (non-hydrogen) atoms. The molecule has 0 bridgehead atoms. The molecule has 0 aliphatic heterocycles. The fourth-order valence-electron chi connectivity index (χ4n) is 3.13. The number of rotatable bonds is 5. The lowest BCUT2D eigenvalue weighted by Crippen LogP contribution is -2.14. The number of fused-ring (bicyclic) bond motifs is 1. The molecule has 0 unspecified atom stereocenters. The maximum absolute atomic E-state index is 13.1. The van der Waals surface area contributed by atoms with Crippen LogP contribution in [0.15, 0.2) is 72.8 Å². The average molecular weight is 423 g/mol. The van der Waals surface area contributed by atoms with Crippen LogP contribution in [0.2, 0.25) is 5.02 Å². The van der Waals surface area contributed by atoms with Crippen molar-refractivity contribution >= 4 is 51.5 Å². The molecule has 4 rings (SSSR count). The largest absolute Gasteiger partial charge is 0.350 e. The fourth-order valence-corrected chi connectivity index (χ4v) is 3.48. The molecule has 0 aliphatic rings. The third-order valence-electron chi connectivity index (χ3n) is 4.63. The van der Waals surface area contributed by atoms with Crippen LogP contribution in [0.5, 0.6) is 0 Å². The Bertz CT molecular complexity index is 1200. The Morgan fingerprint density at radius 3 is 2.31 bits per heavy atom.